The van der Waals surface area contributed by atoms with E-state index in [2.05, 4.69) is 5.32 Å². The third-order valence-corrected chi connectivity index (χ3v) is 4.70. The first-order valence-corrected chi connectivity index (χ1v) is 8.05. The van der Waals surface area contributed by atoms with Crippen molar-refractivity contribution >= 4 is 28.2 Å². The maximum absolute atomic E-state index is 12.2. The monoisotopic (exact) mass is 311 g/mol. The first-order valence-electron chi connectivity index (χ1n) is 7.24. The van der Waals surface area contributed by atoms with Crippen molar-refractivity contribution in [3.05, 3.63) is 16.0 Å². The quantitative estimate of drug-likeness (QED) is 0.868. The van der Waals surface area contributed by atoms with E-state index in [4.69, 9.17) is 9.47 Å². The van der Waals surface area contributed by atoms with Crippen molar-refractivity contribution in [2.75, 3.05) is 18.5 Å². The topological polar surface area (TPSA) is 64.6 Å². The van der Waals surface area contributed by atoms with E-state index in [0.717, 1.165) is 29.7 Å². The summed E-state index contributed by atoms with van der Waals surface area (Å²) in [4.78, 5) is 25.3. The summed E-state index contributed by atoms with van der Waals surface area (Å²) in [5.74, 6) is -0.569. The summed E-state index contributed by atoms with van der Waals surface area (Å²) in [5.41, 5.74) is 1.32. The predicted molar refractivity (Wildman–Crippen MR) is 82.0 cm³/mol. The maximum Gasteiger partial charge on any atom is 0.341 e. The second-order valence-electron chi connectivity index (χ2n) is 5.05. The molecule has 2 heterocycles. The van der Waals surface area contributed by atoms with Crippen molar-refractivity contribution in [1.82, 2.24) is 0 Å². The fraction of sp³-hybridized carbons (Fsp3) is 0.600. The van der Waals surface area contributed by atoms with Crippen molar-refractivity contribution in [3.63, 3.8) is 0 Å². The van der Waals surface area contributed by atoms with E-state index in [0.29, 0.717) is 23.8 Å². The zero-order valence-corrected chi connectivity index (χ0v) is 13.5. The molecule has 21 heavy (non-hydrogen) atoms. The standard InChI is InChI=1S/C15H21NO4S/c1-4-19-15(18)12-9(2)10(3)21-14(12)16-13(17)11-7-5-6-8-20-11/h11H,4-8H2,1-3H3,(H,16,17). The fourth-order valence-corrected chi connectivity index (χ4v) is 3.36. The van der Waals surface area contributed by atoms with Gasteiger partial charge in [-0.2, -0.15) is 0 Å². The number of amides is 1. The van der Waals surface area contributed by atoms with Gasteiger partial charge < -0.3 is 14.8 Å². The molecule has 1 aromatic heterocycles. The van der Waals surface area contributed by atoms with Gasteiger partial charge in [0, 0.05) is 11.5 Å². The van der Waals surface area contributed by atoms with Crippen LogP contribution in [0.4, 0.5) is 5.00 Å². The lowest BCUT2D eigenvalue weighted by Gasteiger charge is -2.21. The van der Waals surface area contributed by atoms with Gasteiger partial charge in [-0.1, -0.05) is 0 Å². The Morgan fingerprint density at radius 3 is 2.76 bits per heavy atom. The lowest BCUT2D eigenvalue weighted by Crippen LogP contribution is -2.33. The SMILES string of the molecule is CCOC(=O)c1c(NC(=O)C2CCCCO2)sc(C)c1C. The molecule has 116 valence electrons. The van der Waals surface area contributed by atoms with Gasteiger partial charge in [-0.3, -0.25) is 4.79 Å². The van der Waals surface area contributed by atoms with Crippen LogP contribution < -0.4 is 5.32 Å². The number of carbonyl (C=O) groups is 2. The minimum absolute atomic E-state index is 0.179. The van der Waals surface area contributed by atoms with Crippen LogP contribution in [0.1, 0.15) is 47.0 Å². The minimum Gasteiger partial charge on any atom is -0.462 e. The Balaban J connectivity index is 2.17. The van der Waals surface area contributed by atoms with Crippen LogP contribution in [-0.4, -0.2) is 31.2 Å². The molecule has 1 aliphatic heterocycles. The smallest absolute Gasteiger partial charge is 0.341 e. The molecule has 1 aromatic rings. The van der Waals surface area contributed by atoms with Crippen LogP contribution in [0.3, 0.4) is 0 Å². The summed E-state index contributed by atoms with van der Waals surface area (Å²) in [6, 6.07) is 0. The third kappa shape index (κ3) is 3.63. The molecule has 1 saturated heterocycles. The number of thiophene rings is 1. The molecular weight excluding hydrogens is 290 g/mol. The molecule has 0 saturated carbocycles. The van der Waals surface area contributed by atoms with Gasteiger partial charge in [-0.25, -0.2) is 4.79 Å². The van der Waals surface area contributed by atoms with Crippen LogP contribution in [0.15, 0.2) is 0 Å². The lowest BCUT2D eigenvalue weighted by atomic mass is 10.1. The van der Waals surface area contributed by atoms with E-state index in [9.17, 15) is 9.59 Å². The molecule has 1 atom stereocenters. The van der Waals surface area contributed by atoms with Crippen LogP contribution in [0, 0.1) is 13.8 Å². The molecule has 1 unspecified atom stereocenters. The van der Waals surface area contributed by atoms with Crippen LogP contribution in [0.5, 0.6) is 0 Å². The molecule has 1 aliphatic rings. The summed E-state index contributed by atoms with van der Waals surface area (Å²) in [5, 5.41) is 3.39. The van der Waals surface area contributed by atoms with E-state index in [1.807, 2.05) is 13.8 Å². The average Bonchev–Trinajstić information content (AvgIpc) is 2.75. The number of anilines is 1. The highest BCUT2D eigenvalue weighted by Gasteiger charge is 2.26. The molecule has 0 spiro atoms. The summed E-state index contributed by atoms with van der Waals surface area (Å²) >= 11 is 1.40. The van der Waals surface area contributed by atoms with E-state index in [-0.39, 0.29) is 11.9 Å². The zero-order chi connectivity index (χ0) is 15.4. The molecule has 0 aromatic carbocycles. The minimum atomic E-state index is -0.420. The van der Waals surface area contributed by atoms with Gasteiger partial charge in [0.1, 0.15) is 11.1 Å². The fourth-order valence-electron chi connectivity index (χ4n) is 2.30. The Labute approximate surface area is 128 Å². The Morgan fingerprint density at radius 2 is 2.14 bits per heavy atom. The van der Waals surface area contributed by atoms with Gasteiger partial charge in [-0.15, -0.1) is 11.3 Å². The molecule has 0 radical (unpaired) electrons. The van der Waals surface area contributed by atoms with Gasteiger partial charge in [0.2, 0.25) is 0 Å². The van der Waals surface area contributed by atoms with E-state index < -0.39 is 6.10 Å². The van der Waals surface area contributed by atoms with Gasteiger partial charge >= 0.3 is 5.97 Å². The average molecular weight is 311 g/mol. The van der Waals surface area contributed by atoms with E-state index in [1.54, 1.807) is 6.92 Å². The van der Waals surface area contributed by atoms with E-state index in [1.165, 1.54) is 11.3 Å². The maximum atomic E-state index is 12.2. The number of nitrogens with one attached hydrogen (secondary N) is 1. The molecule has 0 aliphatic carbocycles. The Bertz CT molecular complexity index is 532. The molecule has 1 amide bonds. The summed E-state index contributed by atoms with van der Waals surface area (Å²) < 4.78 is 10.5. The summed E-state index contributed by atoms with van der Waals surface area (Å²) in [6.45, 7) is 6.48. The number of rotatable bonds is 4. The molecule has 1 fully saturated rings. The van der Waals surface area contributed by atoms with Crippen molar-refractivity contribution in [2.45, 2.75) is 46.1 Å². The van der Waals surface area contributed by atoms with Crippen molar-refractivity contribution in [2.24, 2.45) is 0 Å². The number of hydrogen-bond donors (Lipinski definition) is 1. The van der Waals surface area contributed by atoms with Gasteiger partial charge in [0.25, 0.3) is 5.91 Å². The molecular formula is C15H21NO4S. The van der Waals surface area contributed by atoms with E-state index >= 15 is 0 Å². The van der Waals surface area contributed by atoms with Gasteiger partial charge in [0.05, 0.1) is 12.2 Å². The summed E-state index contributed by atoms with van der Waals surface area (Å²) in [7, 11) is 0. The molecule has 1 N–H and O–H groups in total. The first kappa shape index (κ1) is 16.0. The molecule has 5 nitrogen and oxygen atoms in total. The number of aryl methyl sites for hydroxylation is 1. The number of esters is 1. The molecule has 2 rings (SSSR count). The highest BCUT2D eigenvalue weighted by molar-refractivity contribution is 7.16. The molecule has 6 heteroatoms. The number of ether oxygens (including phenoxy) is 2. The third-order valence-electron chi connectivity index (χ3n) is 3.57. The van der Waals surface area contributed by atoms with Crippen molar-refractivity contribution in [1.29, 1.82) is 0 Å². The molecule has 0 bridgehead atoms. The van der Waals surface area contributed by atoms with Crippen LogP contribution in [0.2, 0.25) is 0 Å². The summed E-state index contributed by atoms with van der Waals surface area (Å²) in [6.07, 6.45) is 2.29. The highest BCUT2D eigenvalue weighted by Crippen LogP contribution is 2.33. The van der Waals surface area contributed by atoms with Crippen molar-refractivity contribution < 1.29 is 19.1 Å². The predicted octanol–water partition coefficient (Wildman–Crippen LogP) is 3.05. The van der Waals surface area contributed by atoms with Crippen molar-refractivity contribution in [3.8, 4) is 0 Å². The van der Waals surface area contributed by atoms with Crippen LogP contribution >= 0.6 is 11.3 Å². The van der Waals surface area contributed by atoms with Crippen LogP contribution in [-0.2, 0) is 14.3 Å². The van der Waals surface area contributed by atoms with Gasteiger partial charge in [-0.05, 0) is 45.6 Å². The zero-order valence-electron chi connectivity index (χ0n) is 12.7. The first-order chi connectivity index (χ1) is 10.0. The van der Waals surface area contributed by atoms with Gasteiger partial charge in [0.15, 0.2) is 0 Å². The second-order valence-corrected chi connectivity index (χ2v) is 6.28. The lowest BCUT2D eigenvalue weighted by molar-refractivity contribution is -0.129. The number of hydrogen-bond acceptors (Lipinski definition) is 5. The Kier molecular flexibility index (Phi) is 5.36. The van der Waals surface area contributed by atoms with Crippen LogP contribution in [0.25, 0.3) is 0 Å². The highest BCUT2D eigenvalue weighted by atomic mass is 32.1. The second kappa shape index (κ2) is 7.04. The normalized spacial score (nSPS) is 18.3. The number of carbonyl (C=O) groups excluding carboxylic acids is 2. The Morgan fingerprint density at radius 1 is 1.38 bits per heavy atom. The Hall–Kier alpha value is -1.40. The largest absolute Gasteiger partial charge is 0.462 e.